The lowest BCUT2D eigenvalue weighted by Crippen LogP contribution is -2.32. The van der Waals surface area contributed by atoms with Gasteiger partial charge in [0.15, 0.2) is 5.76 Å². The number of hydrogen-bond acceptors (Lipinski definition) is 3. The van der Waals surface area contributed by atoms with Crippen molar-refractivity contribution in [2.75, 3.05) is 25.0 Å². The number of para-hydroxylation sites is 2. The van der Waals surface area contributed by atoms with Gasteiger partial charge in [-0.3, -0.25) is 4.79 Å². The molecular weight excluding hydrogens is 276 g/mol. The summed E-state index contributed by atoms with van der Waals surface area (Å²) in [5.74, 6) is 0.168. The molecule has 0 atom stereocenters. The molecule has 0 bridgehead atoms. The summed E-state index contributed by atoms with van der Waals surface area (Å²) in [4.78, 5) is 14.2. The second-order valence-electron chi connectivity index (χ2n) is 5.16. The van der Waals surface area contributed by atoms with Crippen LogP contribution in [0, 0.1) is 0 Å². The van der Waals surface area contributed by atoms with E-state index < -0.39 is 0 Å². The predicted octanol–water partition coefficient (Wildman–Crippen LogP) is 3.30. The second kappa shape index (κ2) is 6.35. The summed E-state index contributed by atoms with van der Waals surface area (Å²) in [7, 11) is 2.00. The van der Waals surface area contributed by atoms with Gasteiger partial charge in [-0.1, -0.05) is 36.4 Å². The van der Waals surface area contributed by atoms with Crippen molar-refractivity contribution in [2.45, 2.75) is 0 Å². The number of amides is 1. The number of hydrogen-bond donors (Lipinski definition) is 1. The Bertz CT molecular complexity index is 732. The molecule has 3 rings (SSSR count). The molecule has 1 N–H and O–H groups in total. The van der Waals surface area contributed by atoms with Gasteiger partial charge in [0.25, 0.3) is 5.91 Å². The van der Waals surface area contributed by atoms with Crippen LogP contribution in [-0.4, -0.2) is 26.0 Å². The molecule has 22 heavy (non-hydrogen) atoms. The molecule has 112 valence electrons. The summed E-state index contributed by atoms with van der Waals surface area (Å²) in [5.41, 5.74) is 1.86. The fraction of sp³-hybridized carbons (Fsp3) is 0.167. The minimum atomic E-state index is -0.183. The highest BCUT2D eigenvalue weighted by molar-refractivity contribution is 5.96. The molecule has 0 aliphatic carbocycles. The number of furan rings is 1. The lowest BCUT2D eigenvalue weighted by Gasteiger charge is -2.19. The monoisotopic (exact) mass is 294 g/mol. The van der Waals surface area contributed by atoms with Gasteiger partial charge >= 0.3 is 0 Å². The van der Waals surface area contributed by atoms with E-state index in [1.807, 2.05) is 61.6 Å². The van der Waals surface area contributed by atoms with Crippen molar-refractivity contribution < 1.29 is 9.21 Å². The highest BCUT2D eigenvalue weighted by Gasteiger charge is 2.11. The van der Waals surface area contributed by atoms with Crippen molar-refractivity contribution in [3.05, 3.63) is 66.4 Å². The molecule has 0 aliphatic heterocycles. The van der Waals surface area contributed by atoms with Crippen LogP contribution in [0.15, 0.2) is 65.1 Å². The zero-order valence-corrected chi connectivity index (χ0v) is 12.5. The Morgan fingerprint density at radius 2 is 1.82 bits per heavy atom. The van der Waals surface area contributed by atoms with Crippen LogP contribution < -0.4 is 10.2 Å². The Morgan fingerprint density at radius 1 is 1.09 bits per heavy atom. The molecule has 0 spiro atoms. The smallest absolute Gasteiger partial charge is 0.287 e. The van der Waals surface area contributed by atoms with Gasteiger partial charge in [0.1, 0.15) is 5.58 Å². The van der Waals surface area contributed by atoms with E-state index in [0.29, 0.717) is 12.3 Å². The minimum absolute atomic E-state index is 0.183. The topological polar surface area (TPSA) is 45.5 Å². The third kappa shape index (κ3) is 3.11. The number of fused-ring (bicyclic) bond motifs is 1. The van der Waals surface area contributed by atoms with E-state index in [1.54, 1.807) is 6.07 Å². The largest absolute Gasteiger partial charge is 0.451 e. The first kappa shape index (κ1) is 14.2. The van der Waals surface area contributed by atoms with Crippen LogP contribution in [0.25, 0.3) is 11.0 Å². The maximum Gasteiger partial charge on any atom is 0.287 e. The third-order valence-electron chi connectivity index (χ3n) is 3.58. The molecule has 0 radical (unpaired) electrons. The van der Waals surface area contributed by atoms with Crippen LogP contribution in [0.5, 0.6) is 0 Å². The van der Waals surface area contributed by atoms with E-state index in [4.69, 9.17) is 4.42 Å². The molecule has 0 saturated carbocycles. The molecule has 3 aromatic rings. The van der Waals surface area contributed by atoms with Gasteiger partial charge in [0, 0.05) is 31.2 Å². The second-order valence-corrected chi connectivity index (χ2v) is 5.16. The highest BCUT2D eigenvalue weighted by atomic mass is 16.3. The van der Waals surface area contributed by atoms with E-state index in [0.717, 1.165) is 23.2 Å². The Morgan fingerprint density at radius 3 is 2.59 bits per heavy atom. The number of rotatable bonds is 5. The molecule has 0 unspecified atom stereocenters. The van der Waals surface area contributed by atoms with Crippen LogP contribution in [-0.2, 0) is 0 Å². The molecule has 2 aromatic carbocycles. The Balaban J connectivity index is 1.56. The number of benzene rings is 2. The molecule has 4 heteroatoms. The van der Waals surface area contributed by atoms with E-state index in [1.165, 1.54) is 0 Å². The molecule has 0 saturated heterocycles. The van der Waals surface area contributed by atoms with Crippen LogP contribution in [0.4, 0.5) is 5.69 Å². The summed E-state index contributed by atoms with van der Waals surface area (Å²) in [6, 6.07) is 19.4. The predicted molar refractivity (Wildman–Crippen MR) is 88.3 cm³/mol. The number of anilines is 1. The van der Waals surface area contributed by atoms with E-state index in [9.17, 15) is 4.79 Å². The summed E-state index contributed by atoms with van der Waals surface area (Å²) in [6.45, 7) is 1.29. The van der Waals surface area contributed by atoms with E-state index >= 15 is 0 Å². The first-order valence-corrected chi connectivity index (χ1v) is 7.27. The SMILES string of the molecule is CN(CCNC(=O)c1cc2ccccc2o1)c1ccccc1. The van der Waals surface area contributed by atoms with Gasteiger partial charge in [-0.05, 0) is 24.3 Å². The Labute approximate surface area is 129 Å². The van der Waals surface area contributed by atoms with Gasteiger partial charge < -0.3 is 14.6 Å². The molecule has 1 aromatic heterocycles. The third-order valence-corrected chi connectivity index (χ3v) is 3.58. The number of likely N-dealkylation sites (N-methyl/N-ethyl adjacent to an activating group) is 1. The first-order valence-electron chi connectivity index (χ1n) is 7.27. The van der Waals surface area contributed by atoms with Gasteiger partial charge in [-0.15, -0.1) is 0 Å². The highest BCUT2D eigenvalue weighted by Crippen LogP contribution is 2.18. The zero-order chi connectivity index (χ0) is 15.4. The van der Waals surface area contributed by atoms with Crippen molar-refractivity contribution >= 4 is 22.6 Å². The van der Waals surface area contributed by atoms with Crippen molar-refractivity contribution in [1.29, 1.82) is 0 Å². The normalized spacial score (nSPS) is 10.6. The molecular formula is C18H18N2O2. The number of nitrogens with one attached hydrogen (secondary N) is 1. The lowest BCUT2D eigenvalue weighted by atomic mass is 10.2. The fourth-order valence-corrected chi connectivity index (χ4v) is 2.33. The van der Waals surface area contributed by atoms with Crippen LogP contribution >= 0.6 is 0 Å². The Kier molecular flexibility index (Phi) is 4.10. The number of nitrogens with zero attached hydrogens (tertiary/aromatic N) is 1. The average Bonchev–Trinajstić information content (AvgIpc) is 2.99. The van der Waals surface area contributed by atoms with Crippen LogP contribution in [0.2, 0.25) is 0 Å². The van der Waals surface area contributed by atoms with E-state index in [-0.39, 0.29) is 5.91 Å². The Hall–Kier alpha value is -2.75. The standard InChI is InChI=1S/C18H18N2O2/c1-20(15-8-3-2-4-9-15)12-11-19-18(21)17-13-14-7-5-6-10-16(14)22-17/h2-10,13H,11-12H2,1H3,(H,19,21). The van der Waals surface area contributed by atoms with Crippen molar-refractivity contribution in [2.24, 2.45) is 0 Å². The summed E-state index contributed by atoms with van der Waals surface area (Å²) >= 11 is 0. The summed E-state index contributed by atoms with van der Waals surface area (Å²) < 4.78 is 5.55. The van der Waals surface area contributed by atoms with Crippen LogP contribution in [0.3, 0.4) is 0 Å². The van der Waals surface area contributed by atoms with Gasteiger partial charge in [0.2, 0.25) is 0 Å². The molecule has 0 aliphatic rings. The quantitative estimate of drug-likeness (QED) is 0.785. The summed E-state index contributed by atoms with van der Waals surface area (Å²) in [5, 5.41) is 3.83. The molecule has 4 nitrogen and oxygen atoms in total. The van der Waals surface area contributed by atoms with Crippen molar-refractivity contribution in [1.82, 2.24) is 5.32 Å². The first-order chi connectivity index (χ1) is 10.7. The zero-order valence-electron chi connectivity index (χ0n) is 12.5. The maximum atomic E-state index is 12.1. The van der Waals surface area contributed by atoms with Gasteiger partial charge in [0.05, 0.1) is 0 Å². The van der Waals surface area contributed by atoms with Gasteiger partial charge in [-0.2, -0.15) is 0 Å². The van der Waals surface area contributed by atoms with Crippen molar-refractivity contribution in [3.8, 4) is 0 Å². The molecule has 1 heterocycles. The van der Waals surface area contributed by atoms with Crippen molar-refractivity contribution in [3.63, 3.8) is 0 Å². The number of carbonyl (C=O) groups excluding carboxylic acids is 1. The number of carbonyl (C=O) groups is 1. The van der Waals surface area contributed by atoms with E-state index in [2.05, 4.69) is 10.2 Å². The average molecular weight is 294 g/mol. The van der Waals surface area contributed by atoms with Gasteiger partial charge in [-0.25, -0.2) is 0 Å². The van der Waals surface area contributed by atoms with Crippen LogP contribution in [0.1, 0.15) is 10.6 Å². The molecule has 1 amide bonds. The summed E-state index contributed by atoms with van der Waals surface area (Å²) in [6.07, 6.45) is 0. The molecule has 0 fully saturated rings. The lowest BCUT2D eigenvalue weighted by molar-refractivity contribution is 0.0929. The minimum Gasteiger partial charge on any atom is -0.451 e. The maximum absolute atomic E-state index is 12.1. The fourth-order valence-electron chi connectivity index (χ4n) is 2.33.